The molecule has 0 amide bonds. The van der Waals surface area contributed by atoms with E-state index in [0.717, 1.165) is 16.3 Å². The number of halogens is 1. The highest BCUT2D eigenvalue weighted by Crippen LogP contribution is 2.19. The van der Waals surface area contributed by atoms with Gasteiger partial charge in [-0.25, -0.2) is 0 Å². The molecule has 0 aliphatic carbocycles. The quantitative estimate of drug-likeness (QED) is 0.576. The Morgan fingerprint density at radius 3 is 2.41 bits per heavy atom. The highest BCUT2D eigenvalue weighted by molar-refractivity contribution is 6.31. The summed E-state index contributed by atoms with van der Waals surface area (Å²) in [6, 6.07) is 13.4. The van der Waals surface area contributed by atoms with E-state index in [1.165, 1.54) is 11.6 Å². The van der Waals surface area contributed by atoms with Gasteiger partial charge in [-0.3, -0.25) is 4.79 Å². The highest BCUT2D eigenvalue weighted by Gasteiger charge is 2.03. The molecule has 0 aromatic heterocycles. The zero-order chi connectivity index (χ0) is 16.1. The number of carbonyl (C=O) groups excluding carboxylic acids is 1. The Kier molecular flexibility index (Phi) is 5.40. The summed E-state index contributed by atoms with van der Waals surface area (Å²) < 4.78 is 0. The fraction of sp³-hybridized carbons (Fsp3) is 0.211. The van der Waals surface area contributed by atoms with E-state index < -0.39 is 0 Å². The molecule has 0 bridgehead atoms. The lowest BCUT2D eigenvalue weighted by Gasteiger charge is -2.05. The van der Waals surface area contributed by atoms with Gasteiger partial charge in [0.1, 0.15) is 0 Å². The maximum absolute atomic E-state index is 12.1. The predicted octanol–water partition coefficient (Wildman–Crippen LogP) is 5.58. The van der Waals surface area contributed by atoms with Gasteiger partial charge in [0.15, 0.2) is 5.78 Å². The van der Waals surface area contributed by atoms with Gasteiger partial charge < -0.3 is 5.32 Å². The topological polar surface area (TPSA) is 29.1 Å². The Hall–Kier alpha value is -2.06. The van der Waals surface area contributed by atoms with Crippen LogP contribution < -0.4 is 5.32 Å². The third-order valence-corrected chi connectivity index (χ3v) is 3.93. The van der Waals surface area contributed by atoms with E-state index in [1.54, 1.807) is 6.20 Å². The number of hydrogen-bond acceptors (Lipinski definition) is 2. The first-order valence-electron chi connectivity index (χ1n) is 7.31. The van der Waals surface area contributed by atoms with Crippen molar-refractivity contribution in [2.45, 2.75) is 26.7 Å². The molecular formula is C19H20ClNO. The Labute approximate surface area is 136 Å². The van der Waals surface area contributed by atoms with E-state index in [2.05, 4.69) is 19.2 Å². The van der Waals surface area contributed by atoms with Gasteiger partial charge in [0, 0.05) is 28.5 Å². The van der Waals surface area contributed by atoms with Crippen LogP contribution in [0.15, 0.2) is 54.7 Å². The van der Waals surface area contributed by atoms with Gasteiger partial charge in [0.25, 0.3) is 0 Å². The zero-order valence-electron chi connectivity index (χ0n) is 13.1. The number of aryl methyl sites for hydroxylation is 1. The lowest BCUT2D eigenvalue weighted by atomic mass is 10.0. The van der Waals surface area contributed by atoms with Crippen LogP contribution >= 0.6 is 11.6 Å². The second-order valence-corrected chi connectivity index (χ2v) is 5.99. The molecule has 0 saturated carbocycles. The molecule has 0 unspecified atom stereocenters. The standard InChI is InChI=1S/C19H20ClNO/c1-13(2)15-4-6-16(7-5-15)19(22)10-11-21-17-8-9-18(20)14(3)12-17/h4-13,21H,1-3H3. The van der Waals surface area contributed by atoms with Crippen molar-refractivity contribution < 1.29 is 4.79 Å². The first-order valence-corrected chi connectivity index (χ1v) is 7.68. The van der Waals surface area contributed by atoms with Crippen LogP contribution in [0.1, 0.15) is 41.3 Å². The zero-order valence-corrected chi connectivity index (χ0v) is 13.8. The van der Waals surface area contributed by atoms with Gasteiger partial charge in [-0.15, -0.1) is 0 Å². The van der Waals surface area contributed by atoms with Gasteiger partial charge in [0.2, 0.25) is 0 Å². The van der Waals surface area contributed by atoms with Crippen molar-refractivity contribution in [3.8, 4) is 0 Å². The van der Waals surface area contributed by atoms with Crippen molar-refractivity contribution >= 4 is 23.1 Å². The predicted molar refractivity (Wildman–Crippen MR) is 93.8 cm³/mol. The first kappa shape index (κ1) is 16.3. The largest absolute Gasteiger partial charge is 0.362 e. The fourth-order valence-electron chi connectivity index (χ4n) is 2.08. The summed E-state index contributed by atoms with van der Waals surface area (Å²) in [7, 11) is 0. The summed E-state index contributed by atoms with van der Waals surface area (Å²) in [5.41, 5.74) is 3.82. The van der Waals surface area contributed by atoms with Crippen LogP contribution in [0, 0.1) is 6.92 Å². The van der Waals surface area contributed by atoms with Crippen molar-refractivity contribution in [2.75, 3.05) is 5.32 Å². The summed E-state index contributed by atoms with van der Waals surface area (Å²) in [5.74, 6) is 0.447. The minimum Gasteiger partial charge on any atom is -0.362 e. The molecule has 2 aromatic carbocycles. The Balaban J connectivity index is 2.00. The fourth-order valence-corrected chi connectivity index (χ4v) is 2.19. The number of ketones is 1. The summed E-state index contributed by atoms with van der Waals surface area (Å²) in [6.07, 6.45) is 3.19. The van der Waals surface area contributed by atoms with Crippen molar-refractivity contribution in [1.82, 2.24) is 0 Å². The van der Waals surface area contributed by atoms with E-state index >= 15 is 0 Å². The number of allylic oxidation sites excluding steroid dienone is 1. The first-order chi connectivity index (χ1) is 10.5. The summed E-state index contributed by atoms with van der Waals surface area (Å²) in [4.78, 5) is 12.1. The number of carbonyl (C=O) groups is 1. The average Bonchev–Trinajstić information content (AvgIpc) is 2.51. The Bertz CT molecular complexity index is 687. The molecule has 2 nitrogen and oxygen atoms in total. The SMILES string of the molecule is Cc1cc(NC=CC(=O)c2ccc(C(C)C)cc2)ccc1Cl. The van der Waals surface area contributed by atoms with Crippen LogP contribution in [0.2, 0.25) is 5.02 Å². The normalized spacial score (nSPS) is 11.1. The van der Waals surface area contributed by atoms with E-state index in [1.807, 2.05) is 49.4 Å². The molecule has 1 N–H and O–H groups in total. The van der Waals surface area contributed by atoms with Gasteiger partial charge in [-0.2, -0.15) is 0 Å². The van der Waals surface area contributed by atoms with Gasteiger partial charge in [-0.05, 0) is 42.2 Å². The second-order valence-electron chi connectivity index (χ2n) is 5.58. The molecule has 0 heterocycles. The lowest BCUT2D eigenvalue weighted by molar-refractivity contribution is 0.104. The molecule has 0 aliphatic rings. The van der Waals surface area contributed by atoms with E-state index in [4.69, 9.17) is 11.6 Å². The summed E-state index contributed by atoms with van der Waals surface area (Å²) >= 11 is 5.98. The number of benzene rings is 2. The molecule has 0 aliphatic heterocycles. The van der Waals surface area contributed by atoms with Gasteiger partial charge in [0.05, 0.1) is 0 Å². The maximum atomic E-state index is 12.1. The van der Waals surface area contributed by atoms with Crippen molar-refractivity contribution in [1.29, 1.82) is 0 Å². The minimum atomic E-state index is -0.0199. The van der Waals surface area contributed by atoms with Crippen molar-refractivity contribution in [2.24, 2.45) is 0 Å². The van der Waals surface area contributed by atoms with E-state index in [9.17, 15) is 4.79 Å². The third-order valence-electron chi connectivity index (χ3n) is 3.50. The van der Waals surface area contributed by atoms with Crippen LogP contribution in [0.5, 0.6) is 0 Å². The van der Waals surface area contributed by atoms with Crippen LogP contribution in [0.3, 0.4) is 0 Å². The van der Waals surface area contributed by atoms with Gasteiger partial charge in [-0.1, -0.05) is 49.7 Å². The second kappa shape index (κ2) is 7.28. The molecule has 0 saturated heterocycles. The molecule has 3 heteroatoms. The Morgan fingerprint density at radius 2 is 1.82 bits per heavy atom. The average molecular weight is 314 g/mol. The number of anilines is 1. The molecular weight excluding hydrogens is 294 g/mol. The van der Waals surface area contributed by atoms with Crippen LogP contribution in [-0.2, 0) is 0 Å². The summed E-state index contributed by atoms with van der Waals surface area (Å²) in [6.45, 7) is 6.21. The van der Waals surface area contributed by atoms with E-state index in [-0.39, 0.29) is 5.78 Å². The third kappa shape index (κ3) is 4.22. The minimum absolute atomic E-state index is 0.0199. The molecule has 2 aromatic rings. The molecule has 114 valence electrons. The molecule has 2 rings (SSSR count). The lowest BCUT2D eigenvalue weighted by Crippen LogP contribution is -1.97. The number of rotatable bonds is 5. The summed E-state index contributed by atoms with van der Waals surface area (Å²) in [5, 5.41) is 3.82. The Morgan fingerprint density at radius 1 is 1.14 bits per heavy atom. The van der Waals surface area contributed by atoms with E-state index in [0.29, 0.717) is 11.5 Å². The molecule has 0 fully saturated rings. The molecule has 0 radical (unpaired) electrons. The molecule has 0 atom stereocenters. The molecule has 0 spiro atoms. The van der Waals surface area contributed by atoms with Crippen LogP contribution in [0.4, 0.5) is 5.69 Å². The van der Waals surface area contributed by atoms with Crippen molar-refractivity contribution in [3.63, 3.8) is 0 Å². The number of nitrogens with one attached hydrogen (secondary N) is 1. The van der Waals surface area contributed by atoms with Crippen LogP contribution in [0.25, 0.3) is 0 Å². The number of hydrogen-bond donors (Lipinski definition) is 1. The van der Waals surface area contributed by atoms with Crippen LogP contribution in [-0.4, -0.2) is 5.78 Å². The van der Waals surface area contributed by atoms with Gasteiger partial charge >= 0.3 is 0 Å². The molecule has 22 heavy (non-hydrogen) atoms. The van der Waals surface area contributed by atoms with Crippen molar-refractivity contribution in [3.05, 3.63) is 76.5 Å². The monoisotopic (exact) mass is 313 g/mol. The smallest absolute Gasteiger partial charge is 0.187 e. The maximum Gasteiger partial charge on any atom is 0.187 e. The highest BCUT2D eigenvalue weighted by atomic mass is 35.5.